The number of nitrogens with one attached hydrogen (secondary N) is 2. The molecule has 1 aromatic rings. The lowest BCUT2D eigenvalue weighted by Gasteiger charge is -2.15. The van der Waals surface area contributed by atoms with E-state index in [2.05, 4.69) is 10.6 Å². The van der Waals surface area contributed by atoms with E-state index in [1.807, 2.05) is 19.1 Å². The SMILES string of the molecule is COC1CNC(C(=O)N[C@@H](C)c2ccco2)C1. The molecule has 0 aromatic carbocycles. The molecule has 5 heteroatoms. The van der Waals surface area contributed by atoms with Crippen LogP contribution < -0.4 is 10.6 Å². The minimum absolute atomic E-state index is 0.00606. The number of carbonyl (C=O) groups is 1. The standard InChI is InChI=1S/C12H18N2O3/c1-8(11-4-3-5-17-11)14-12(15)10-6-9(16-2)7-13-10/h3-5,8-10,13H,6-7H2,1-2H3,(H,14,15)/t8-,9?,10?/m0/s1. The van der Waals surface area contributed by atoms with E-state index in [0.717, 1.165) is 12.3 Å². The second-order valence-corrected chi connectivity index (χ2v) is 4.30. The van der Waals surface area contributed by atoms with Crippen LogP contribution in [0, 0.1) is 0 Å². The molecule has 2 unspecified atom stereocenters. The topological polar surface area (TPSA) is 63.5 Å². The molecule has 2 N–H and O–H groups in total. The third-order valence-electron chi connectivity index (χ3n) is 3.07. The van der Waals surface area contributed by atoms with Gasteiger partial charge < -0.3 is 19.8 Å². The number of hydrogen-bond donors (Lipinski definition) is 2. The Morgan fingerprint density at radius 1 is 1.71 bits per heavy atom. The molecule has 1 aliphatic heterocycles. The van der Waals surface area contributed by atoms with Gasteiger partial charge in [0.05, 0.1) is 24.5 Å². The number of furan rings is 1. The molecule has 0 spiro atoms. The van der Waals surface area contributed by atoms with Gasteiger partial charge in [0, 0.05) is 13.7 Å². The minimum atomic E-state index is -0.169. The zero-order valence-electron chi connectivity index (χ0n) is 10.1. The van der Waals surface area contributed by atoms with Crippen LogP contribution in [0.1, 0.15) is 25.1 Å². The van der Waals surface area contributed by atoms with Crippen molar-refractivity contribution in [1.29, 1.82) is 0 Å². The Morgan fingerprint density at radius 3 is 3.12 bits per heavy atom. The van der Waals surface area contributed by atoms with Gasteiger partial charge in [-0.05, 0) is 25.5 Å². The second kappa shape index (κ2) is 5.33. The largest absolute Gasteiger partial charge is 0.467 e. The first kappa shape index (κ1) is 12.1. The van der Waals surface area contributed by atoms with Crippen molar-refractivity contribution in [3.63, 3.8) is 0 Å². The van der Waals surface area contributed by atoms with E-state index in [4.69, 9.17) is 9.15 Å². The monoisotopic (exact) mass is 238 g/mol. The average Bonchev–Trinajstić information content (AvgIpc) is 3.00. The predicted molar refractivity (Wildman–Crippen MR) is 62.5 cm³/mol. The van der Waals surface area contributed by atoms with Crippen molar-refractivity contribution in [2.45, 2.75) is 31.5 Å². The van der Waals surface area contributed by atoms with E-state index >= 15 is 0 Å². The van der Waals surface area contributed by atoms with Crippen molar-refractivity contribution in [3.05, 3.63) is 24.2 Å². The number of carbonyl (C=O) groups excluding carboxylic acids is 1. The van der Waals surface area contributed by atoms with Gasteiger partial charge in [-0.25, -0.2) is 0 Å². The highest BCUT2D eigenvalue weighted by Gasteiger charge is 2.30. The maximum absolute atomic E-state index is 11.9. The van der Waals surface area contributed by atoms with Crippen molar-refractivity contribution >= 4 is 5.91 Å². The quantitative estimate of drug-likeness (QED) is 0.815. The summed E-state index contributed by atoms with van der Waals surface area (Å²) in [5.41, 5.74) is 0. The van der Waals surface area contributed by atoms with Gasteiger partial charge in [-0.3, -0.25) is 4.79 Å². The van der Waals surface area contributed by atoms with Gasteiger partial charge in [-0.2, -0.15) is 0 Å². The number of amides is 1. The van der Waals surface area contributed by atoms with Crippen molar-refractivity contribution in [1.82, 2.24) is 10.6 Å². The molecule has 1 aliphatic rings. The summed E-state index contributed by atoms with van der Waals surface area (Å²) in [7, 11) is 1.66. The van der Waals surface area contributed by atoms with E-state index in [1.165, 1.54) is 0 Å². The van der Waals surface area contributed by atoms with Gasteiger partial charge in [-0.15, -0.1) is 0 Å². The van der Waals surface area contributed by atoms with Crippen LogP contribution in [0.25, 0.3) is 0 Å². The first-order valence-electron chi connectivity index (χ1n) is 5.80. The summed E-state index contributed by atoms with van der Waals surface area (Å²) in [4.78, 5) is 11.9. The van der Waals surface area contributed by atoms with Gasteiger partial charge in [-0.1, -0.05) is 0 Å². The van der Waals surface area contributed by atoms with Crippen molar-refractivity contribution in [2.24, 2.45) is 0 Å². The molecule has 94 valence electrons. The summed E-state index contributed by atoms with van der Waals surface area (Å²) >= 11 is 0. The maximum atomic E-state index is 11.9. The number of hydrogen-bond acceptors (Lipinski definition) is 4. The van der Waals surface area contributed by atoms with Crippen molar-refractivity contribution < 1.29 is 13.9 Å². The zero-order chi connectivity index (χ0) is 12.3. The van der Waals surface area contributed by atoms with Gasteiger partial charge in [0.2, 0.25) is 5.91 Å². The highest BCUT2D eigenvalue weighted by Crippen LogP contribution is 2.14. The Bertz CT molecular complexity index is 364. The van der Waals surface area contributed by atoms with Crippen LogP contribution in [-0.2, 0) is 9.53 Å². The van der Waals surface area contributed by atoms with Crippen LogP contribution >= 0.6 is 0 Å². The third-order valence-corrected chi connectivity index (χ3v) is 3.07. The van der Waals surface area contributed by atoms with Crippen LogP contribution in [0.4, 0.5) is 0 Å². The van der Waals surface area contributed by atoms with Gasteiger partial charge in [0.25, 0.3) is 0 Å². The van der Waals surface area contributed by atoms with Gasteiger partial charge >= 0.3 is 0 Å². The first-order valence-corrected chi connectivity index (χ1v) is 5.80. The fraction of sp³-hybridized carbons (Fsp3) is 0.583. The van der Waals surface area contributed by atoms with Crippen molar-refractivity contribution in [2.75, 3.05) is 13.7 Å². The summed E-state index contributed by atoms with van der Waals surface area (Å²) in [5, 5.41) is 6.06. The molecule has 0 bridgehead atoms. The minimum Gasteiger partial charge on any atom is -0.467 e. The Labute approximate surface area is 101 Å². The normalized spacial score (nSPS) is 25.8. The zero-order valence-corrected chi connectivity index (χ0v) is 10.1. The molecule has 0 radical (unpaired) electrons. The molecule has 3 atom stereocenters. The average molecular weight is 238 g/mol. The Kier molecular flexibility index (Phi) is 3.81. The van der Waals surface area contributed by atoms with E-state index in [1.54, 1.807) is 13.4 Å². The molecular formula is C12H18N2O3. The highest BCUT2D eigenvalue weighted by molar-refractivity contribution is 5.82. The molecule has 2 heterocycles. The lowest BCUT2D eigenvalue weighted by molar-refractivity contribution is -0.123. The van der Waals surface area contributed by atoms with Crippen LogP contribution in [0.15, 0.2) is 22.8 Å². The van der Waals surface area contributed by atoms with E-state index in [9.17, 15) is 4.79 Å². The van der Waals surface area contributed by atoms with E-state index < -0.39 is 0 Å². The van der Waals surface area contributed by atoms with Gasteiger partial charge in [0.1, 0.15) is 5.76 Å². The van der Waals surface area contributed by atoms with E-state index in [0.29, 0.717) is 6.42 Å². The summed E-state index contributed by atoms with van der Waals surface area (Å²) in [5.74, 6) is 0.757. The highest BCUT2D eigenvalue weighted by atomic mass is 16.5. The molecule has 0 aliphatic carbocycles. The van der Waals surface area contributed by atoms with Crippen LogP contribution in [0.3, 0.4) is 0 Å². The molecule has 1 saturated heterocycles. The fourth-order valence-corrected chi connectivity index (χ4v) is 2.01. The fourth-order valence-electron chi connectivity index (χ4n) is 2.01. The lowest BCUT2D eigenvalue weighted by atomic mass is 10.1. The molecular weight excluding hydrogens is 220 g/mol. The van der Waals surface area contributed by atoms with Gasteiger partial charge in [0.15, 0.2) is 0 Å². The Hall–Kier alpha value is -1.33. The molecule has 0 saturated carbocycles. The van der Waals surface area contributed by atoms with Crippen LogP contribution in [-0.4, -0.2) is 31.7 Å². The van der Waals surface area contributed by atoms with E-state index in [-0.39, 0.29) is 24.1 Å². The Balaban J connectivity index is 1.85. The molecule has 1 amide bonds. The number of methoxy groups -OCH3 is 1. The Morgan fingerprint density at radius 2 is 2.53 bits per heavy atom. The summed E-state index contributed by atoms with van der Waals surface area (Å²) in [6.07, 6.45) is 2.45. The lowest BCUT2D eigenvalue weighted by Crippen LogP contribution is -2.41. The number of ether oxygens (including phenoxy) is 1. The second-order valence-electron chi connectivity index (χ2n) is 4.30. The van der Waals surface area contributed by atoms with Crippen LogP contribution in [0.5, 0.6) is 0 Å². The summed E-state index contributed by atoms with van der Waals surface area (Å²) in [6, 6.07) is 3.39. The third kappa shape index (κ3) is 2.87. The smallest absolute Gasteiger partial charge is 0.237 e. The molecule has 5 nitrogen and oxygen atoms in total. The molecule has 1 aromatic heterocycles. The summed E-state index contributed by atoms with van der Waals surface area (Å²) in [6.45, 7) is 2.63. The molecule has 2 rings (SSSR count). The van der Waals surface area contributed by atoms with Crippen LogP contribution in [0.2, 0.25) is 0 Å². The maximum Gasteiger partial charge on any atom is 0.237 e. The summed E-state index contributed by atoms with van der Waals surface area (Å²) < 4.78 is 10.4. The predicted octanol–water partition coefficient (Wildman–Crippen LogP) is 0.834. The first-order chi connectivity index (χ1) is 8.20. The number of rotatable bonds is 4. The van der Waals surface area contributed by atoms with Crippen molar-refractivity contribution in [3.8, 4) is 0 Å². The molecule has 1 fully saturated rings. The molecule has 17 heavy (non-hydrogen) atoms.